The van der Waals surface area contributed by atoms with Gasteiger partial charge in [0.2, 0.25) is 0 Å². The molecule has 1 unspecified atom stereocenters. The van der Waals surface area contributed by atoms with Crippen molar-refractivity contribution in [1.29, 1.82) is 0 Å². The van der Waals surface area contributed by atoms with E-state index in [0.717, 1.165) is 4.68 Å². The Morgan fingerprint density at radius 3 is 1.74 bits per heavy atom. The normalized spacial score (nSPS) is 13.0. The molecule has 4 nitrogen and oxygen atoms in total. The van der Waals surface area contributed by atoms with Crippen LogP contribution in [0.5, 0.6) is 0 Å². The average Bonchev–Trinajstić information content (AvgIpc) is 3.18. The fourth-order valence-corrected chi connectivity index (χ4v) is 2.85. The smallest absolute Gasteiger partial charge is 0.194 e. The second-order valence-corrected chi connectivity index (χ2v) is 5.77. The molecule has 2 aromatic carbocycles. The molecule has 0 aliphatic carbocycles. The maximum absolute atomic E-state index is 14.4. The molecular formula is C17H11F6N3O. The van der Waals surface area contributed by atoms with Crippen LogP contribution in [0.2, 0.25) is 0 Å². The van der Waals surface area contributed by atoms with Crippen molar-refractivity contribution in [2.75, 3.05) is 0 Å². The lowest BCUT2D eigenvalue weighted by atomic mass is 9.80. The monoisotopic (exact) mass is 387 g/mol. The maximum Gasteiger partial charge on any atom is 0.194 e. The molecule has 1 N–H and O–H groups in total. The first-order valence-electron chi connectivity index (χ1n) is 7.55. The molecule has 0 amide bonds. The van der Waals surface area contributed by atoms with Crippen LogP contribution in [0.4, 0.5) is 26.3 Å². The quantitative estimate of drug-likeness (QED) is 0.550. The van der Waals surface area contributed by atoms with E-state index in [9.17, 15) is 31.4 Å². The predicted molar refractivity (Wildman–Crippen MR) is 80.4 cm³/mol. The van der Waals surface area contributed by atoms with E-state index in [4.69, 9.17) is 0 Å². The highest BCUT2D eigenvalue weighted by Gasteiger charge is 2.45. The minimum absolute atomic E-state index is 0.518. The van der Waals surface area contributed by atoms with Gasteiger partial charge in [0.1, 0.15) is 5.60 Å². The number of halogens is 6. The molecule has 0 saturated carbocycles. The molecule has 0 aliphatic heterocycles. The van der Waals surface area contributed by atoms with Gasteiger partial charge in [0.15, 0.2) is 34.9 Å². The summed E-state index contributed by atoms with van der Waals surface area (Å²) < 4.78 is 84.0. The van der Waals surface area contributed by atoms with Crippen LogP contribution in [-0.4, -0.2) is 20.1 Å². The molecule has 0 spiro atoms. The number of hydrogen-bond donors (Lipinski definition) is 1. The molecule has 142 valence electrons. The standard InChI is InChI=1S/C17H11F6N3O/c1-8(26-7-6-24-25-26)17(27,9-2-4-11(18)15(22)13(9)20)10-3-5-12(19)16(23)14(10)21/h2-8,27H,1H3. The molecule has 0 bridgehead atoms. The summed E-state index contributed by atoms with van der Waals surface area (Å²) in [4.78, 5) is 0. The highest BCUT2D eigenvalue weighted by Crippen LogP contribution is 2.42. The first kappa shape index (κ1) is 18.9. The van der Waals surface area contributed by atoms with Gasteiger partial charge >= 0.3 is 0 Å². The van der Waals surface area contributed by atoms with Gasteiger partial charge in [-0.1, -0.05) is 5.21 Å². The summed E-state index contributed by atoms with van der Waals surface area (Å²) in [6, 6.07) is 1.03. The second-order valence-electron chi connectivity index (χ2n) is 5.77. The van der Waals surface area contributed by atoms with Crippen LogP contribution in [0.3, 0.4) is 0 Å². The zero-order valence-corrected chi connectivity index (χ0v) is 13.6. The molecule has 3 rings (SSSR count). The predicted octanol–water partition coefficient (Wildman–Crippen LogP) is 3.61. The van der Waals surface area contributed by atoms with E-state index in [1.165, 1.54) is 19.3 Å². The van der Waals surface area contributed by atoms with Gasteiger partial charge in [-0.2, -0.15) is 0 Å². The van der Waals surface area contributed by atoms with Gasteiger partial charge in [0.25, 0.3) is 0 Å². The Morgan fingerprint density at radius 2 is 1.33 bits per heavy atom. The third-order valence-corrected chi connectivity index (χ3v) is 4.33. The molecule has 0 radical (unpaired) electrons. The lowest BCUT2D eigenvalue weighted by Crippen LogP contribution is -2.39. The highest BCUT2D eigenvalue weighted by molar-refractivity contribution is 5.40. The molecule has 3 aromatic rings. The first-order chi connectivity index (χ1) is 12.7. The molecule has 1 heterocycles. The molecule has 0 aliphatic rings. The number of aromatic nitrogens is 3. The maximum atomic E-state index is 14.4. The third kappa shape index (κ3) is 2.85. The Hall–Kier alpha value is -2.88. The van der Waals surface area contributed by atoms with Gasteiger partial charge in [-0.3, -0.25) is 0 Å². The summed E-state index contributed by atoms with van der Waals surface area (Å²) in [5.74, 6) is -10.5. The molecule has 1 aromatic heterocycles. The van der Waals surface area contributed by atoms with Crippen molar-refractivity contribution in [3.05, 3.63) is 82.7 Å². The number of aliphatic hydroxyl groups is 1. The Kier molecular flexibility index (Phi) is 4.68. The molecule has 10 heteroatoms. The van der Waals surface area contributed by atoms with Crippen molar-refractivity contribution in [2.24, 2.45) is 0 Å². The number of benzene rings is 2. The van der Waals surface area contributed by atoms with Crippen molar-refractivity contribution in [2.45, 2.75) is 18.6 Å². The molecule has 0 fully saturated rings. The average molecular weight is 387 g/mol. The number of rotatable bonds is 4. The SMILES string of the molecule is CC(n1ccnn1)C(O)(c1ccc(F)c(F)c1F)c1ccc(F)c(F)c1F. The van der Waals surface area contributed by atoms with Gasteiger partial charge in [0, 0.05) is 17.3 Å². The van der Waals surface area contributed by atoms with E-state index in [0.29, 0.717) is 24.3 Å². The van der Waals surface area contributed by atoms with Crippen molar-refractivity contribution < 1.29 is 31.4 Å². The van der Waals surface area contributed by atoms with Gasteiger partial charge in [-0.15, -0.1) is 5.10 Å². The van der Waals surface area contributed by atoms with Crippen LogP contribution in [0.1, 0.15) is 24.1 Å². The zero-order chi connectivity index (χ0) is 19.9. The van der Waals surface area contributed by atoms with E-state index >= 15 is 0 Å². The second kappa shape index (κ2) is 6.69. The minimum Gasteiger partial charge on any atom is -0.378 e. The van der Waals surface area contributed by atoms with Gasteiger partial charge in [-0.25, -0.2) is 31.0 Å². The van der Waals surface area contributed by atoms with Crippen LogP contribution in [0.15, 0.2) is 36.7 Å². The first-order valence-corrected chi connectivity index (χ1v) is 7.55. The van der Waals surface area contributed by atoms with Crippen LogP contribution in [0, 0.1) is 34.9 Å². The largest absolute Gasteiger partial charge is 0.378 e. The zero-order valence-electron chi connectivity index (χ0n) is 13.6. The van der Waals surface area contributed by atoms with Gasteiger partial charge in [0.05, 0.1) is 12.2 Å². The summed E-state index contributed by atoms with van der Waals surface area (Å²) in [5, 5.41) is 18.3. The lowest BCUT2D eigenvalue weighted by Gasteiger charge is -2.35. The molecule has 0 saturated heterocycles. The van der Waals surface area contributed by atoms with Gasteiger partial charge in [-0.05, 0) is 31.2 Å². The summed E-state index contributed by atoms with van der Waals surface area (Å²) >= 11 is 0. The Morgan fingerprint density at radius 1 is 0.852 bits per heavy atom. The Labute approximate surface area is 148 Å². The molecule has 27 heavy (non-hydrogen) atoms. The fourth-order valence-electron chi connectivity index (χ4n) is 2.85. The Bertz CT molecular complexity index is 935. The number of hydrogen-bond acceptors (Lipinski definition) is 3. The summed E-state index contributed by atoms with van der Waals surface area (Å²) in [5.41, 5.74) is -4.58. The van der Waals surface area contributed by atoms with Crippen molar-refractivity contribution in [3.8, 4) is 0 Å². The van der Waals surface area contributed by atoms with Crippen LogP contribution < -0.4 is 0 Å². The molecular weight excluding hydrogens is 376 g/mol. The van der Waals surface area contributed by atoms with Crippen LogP contribution in [-0.2, 0) is 5.60 Å². The van der Waals surface area contributed by atoms with Crippen molar-refractivity contribution in [3.63, 3.8) is 0 Å². The number of nitrogens with zero attached hydrogens (tertiary/aromatic N) is 3. The van der Waals surface area contributed by atoms with E-state index < -0.39 is 57.7 Å². The van der Waals surface area contributed by atoms with E-state index in [2.05, 4.69) is 10.3 Å². The van der Waals surface area contributed by atoms with E-state index in [1.807, 2.05) is 0 Å². The third-order valence-electron chi connectivity index (χ3n) is 4.33. The summed E-state index contributed by atoms with van der Waals surface area (Å²) in [7, 11) is 0. The van der Waals surface area contributed by atoms with Crippen LogP contribution >= 0.6 is 0 Å². The summed E-state index contributed by atoms with van der Waals surface area (Å²) in [6.07, 6.45) is 2.42. The van der Waals surface area contributed by atoms with Gasteiger partial charge < -0.3 is 5.11 Å². The highest BCUT2D eigenvalue weighted by atomic mass is 19.2. The topological polar surface area (TPSA) is 50.9 Å². The van der Waals surface area contributed by atoms with E-state index in [1.54, 1.807) is 0 Å². The van der Waals surface area contributed by atoms with E-state index in [-0.39, 0.29) is 0 Å². The van der Waals surface area contributed by atoms with Crippen molar-refractivity contribution >= 4 is 0 Å². The molecule has 1 atom stereocenters. The fraction of sp³-hybridized carbons (Fsp3) is 0.176. The van der Waals surface area contributed by atoms with Crippen molar-refractivity contribution in [1.82, 2.24) is 15.0 Å². The lowest BCUT2D eigenvalue weighted by molar-refractivity contribution is 0.0161. The Balaban J connectivity index is 2.35. The van der Waals surface area contributed by atoms with Crippen LogP contribution in [0.25, 0.3) is 0 Å². The minimum atomic E-state index is -2.79. The summed E-state index contributed by atoms with van der Waals surface area (Å²) in [6.45, 7) is 1.23.